The van der Waals surface area contributed by atoms with Crippen LogP contribution in [0.4, 0.5) is 8.78 Å². The third-order valence-electron chi connectivity index (χ3n) is 8.19. The monoisotopic (exact) mass is 390 g/mol. The molecule has 0 bridgehead atoms. The molecule has 3 saturated carbocycles. The van der Waals surface area contributed by atoms with E-state index in [0.29, 0.717) is 17.2 Å². The first kappa shape index (κ1) is 20.3. The summed E-state index contributed by atoms with van der Waals surface area (Å²) in [7, 11) is 0. The lowest BCUT2D eigenvalue weighted by atomic mass is 9.62. The standard InChI is InChI=1S/C25H36F2O/c1-3-28-22-12-11-20-14-19(9-10-21(20)15-22)17-5-7-18(8-6-17)23-13-4-16(2)24(26)25(23)27/h4,13,17-22H,3,5-12,14-15H2,1-2H3. The van der Waals surface area contributed by atoms with Crippen LogP contribution in [0.3, 0.4) is 0 Å². The number of benzene rings is 1. The lowest BCUT2D eigenvalue weighted by Gasteiger charge is -2.45. The Morgan fingerprint density at radius 3 is 2.11 bits per heavy atom. The average molecular weight is 391 g/mol. The first-order chi connectivity index (χ1) is 13.6. The van der Waals surface area contributed by atoms with E-state index in [-0.39, 0.29) is 5.92 Å². The summed E-state index contributed by atoms with van der Waals surface area (Å²) in [5, 5.41) is 0. The molecule has 0 amide bonds. The van der Waals surface area contributed by atoms with Crippen molar-refractivity contribution in [3.63, 3.8) is 0 Å². The van der Waals surface area contributed by atoms with Gasteiger partial charge in [-0.1, -0.05) is 12.1 Å². The zero-order valence-electron chi connectivity index (χ0n) is 17.6. The lowest BCUT2D eigenvalue weighted by Crippen LogP contribution is -2.36. The van der Waals surface area contributed by atoms with Crippen LogP contribution in [0.1, 0.15) is 88.2 Å². The predicted molar refractivity (Wildman–Crippen MR) is 109 cm³/mol. The highest BCUT2D eigenvalue weighted by atomic mass is 19.2. The van der Waals surface area contributed by atoms with Crippen LogP contribution in [0.2, 0.25) is 0 Å². The molecule has 0 heterocycles. The van der Waals surface area contributed by atoms with E-state index >= 15 is 0 Å². The van der Waals surface area contributed by atoms with Gasteiger partial charge in [0.05, 0.1) is 6.10 Å². The van der Waals surface area contributed by atoms with Crippen molar-refractivity contribution in [2.45, 2.75) is 90.1 Å². The minimum absolute atomic E-state index is 0.198. The van der Waals surface area contributed by atoms with E-state index in [0.717, 1.165) is 43.1 Å². The van der Waals surface area contributed by atoms with Gasteiger partial charge < -0.3 is 4.74 Å². The molecule has 0 saturated heterocycles. The maximum atomic E-state index is 14.4. The van der Waals surface area contributed by atoms with Gasteiger partial charge in [0.1, 0.15) is 0 Å². The first-order valence-electron chi connectivity index (χ1n) is 11.6. The van der Waals surface area contributed by atoms with E-state index in [1.807, 2.05) is 6.07 Å². The zero-order chi connectivity index (χ0) is 19.7. The summed E-state index contributed by atoms with van der Waals surface area (Å²) in [6.45, 7) is 4.59. The van der Waals surface area contributed by atoms with Gasteiger partial charge in [0.25, 0.3) is 0 Å². The van der Waals surface area contributed by atoms with Crippen LogP contribution in [0, 0.1) is 42.2 Å². The van der Waals surface area contributed by atoms with Gasteiger partial charge in [-0.05, 0) is 119 Å². The molecule has 3 aliphatic carbocycles. The van der Waals surface area contributed by atoms with Gasteiger partial charge in [0, 0.05) is 6.61 Å². The van der Waals surface area contributed by atoms with E-state index in [2.05, 4.69) is 6.92 Å². The Balaban J connectivity index is 1.31. The van der Waals surface area contributed by atoms with Crippen LogP contribution in [0.25, 0.3) is 0 Å². The molecule has 0 radical (unpaired) electrons. The molecule has 3 aliphatic rings. The van der Waals surface area contributed by atoms with Crippen molar-refractivity contribution in [1.29, 1.82) is 0 Å². The van der Waals surface area contributed by atoms with E-state index in [4.69, 9.17) is 4.74 Å². The maximum Gasteiger partial charge on any atom is 0.162 e. The molecular weight excluding hydrogens is 354 g/mol. The highest BCUT2D eigenvalue weighted by molar-refractivity contribution is 5.28. The topological polar surface area (TPSA) is 9.23 Å². The Morgan fingerprint density at radius 2 is 1.39 bits per heavy atom. The van der Waals surface area contributed by atoms with E-state index in [1.165, 1.54) is 51.4 Å². The molecule has 4 rings (SSSR count). The number of hydrogen-bond acceptors (Lipinski definition) is 1. The fourth-order valence-corrected chi connectivity index (χ4v) is 6.58. The summed E-state index contributed by atoms with van der Waals surface area (Å²) < 4.78 is 34.2. The highest BCUT2D eigenvalue weighted by Crippen LogP contribution is 2.49. The molecule has 0 aliphatic heterocycles. The number of halogens is 2. The fraction of sp³-hybridized carbons (Fsp3) is 0.760. The number of rotatable bonds is 4. The fourth-order valence-electron chi connectivity index (χ4n) is 6.58. The van der Waals surface area contributed by atoms with Crippen LogP contribution in [0.15, 0.2) is 12.1 Å². The molecule has 0 spiro atoms. The molecule has 1 nitrogen and oxygen atoms in total. The molecule has 28 heavy (non-hydrogen) atoms. The molecule has 156 valence electrons. The summed E-state index contributed by atoms with van der Waals surface area (Å²) >= 11 is 0. The summed E-state index contributed by atoms with van der Waals surface area (Å²) in [4.78, 5) is 0. The number of aryl methyl sites for hydroxylation is 1. The van der Waals surface area contributed by atoms with Crippen molar-refractivity contribution in [1.82, 2.24) is 0 Å². The highest BCUT2D eigenvalue weighted by Gasteiger charge is 2.39. The molecule has 3 fully saturated rings. The van der Waals surface area contributed by atoms with Gasteiger partial charge in [0.2, 0.25) is 0 Å². The van der Waals surface area contributed by atoms with Gasteiger partial charge in [-0.3, -0.25) is 0 Å². The smallest absolute Gasteiger partial charge is 0.162 e. The molecule has 3 heteroatoms. The van der Waals surface area contributed by atoms with Gasteiger partial charge in [0.15, 0.2) is 11.6 Å². The van der Waals surface area contributed by atoms with E-state index in [9.17, 15) is 8.78 Å². The van der Waals surface area contributed by atoms with E-state index in [1.54, 1.807) is 13.0 Å². The van der Waals surface area contributed by atoms with Crippen LogP contribution in [-0.4, -0.2) is 12.7 Å². The van der Waals surface area contributed by atoms with Crippen molar-refractivity contribution in [2.75, 3.05) is 6.61 Å². The number of hydrogen-bond donors (Lipinski definition) is 0. The molecule has 0 aromatic heterocycles. The van der Waals surface area contributed by atoms with Gasteiger partial charge in [-0.15, -0.1) is 0 Å². The summed E-state index contributed by atoms with van der Waals surface area (Å²) in [5.41, 5.74) is 1.02. The molecule has 4 atom stereocenters. The Bertz CT molecular complexity index is 665. The summed E-state index contributed by atoms with van der Waals surface area (Å²) in [6, 6.07) is 3.56. The quantitative estimate of drug-likeness (QED) is 0.529. The third kappa shape index (κ3) is 4.15. The molecular formula is C25H36F2O. The second-order valence-electron chi connectivity index (χ2n) is 9.70. The lowest BCUT2D eigenvalue weighted by molar-refractivity contribution is -0.0205. The van der Waals surface area contributed by atoms with Crippen molar-refractivity contribution in [3.8, 4) is 0 Å². The van der Waals surface area contributed by atoms with Gasteiger partial charge in [-0.25, -0.2) is 8.78 Å². The van der Waals surface area contributed by atoms with Crippen molar-refractivity contribution < 1.29 is 13.5 Å². The maximum absolute atomic E-state index is 14.4. The van der Waals surface area contributed by atoms with Crippen molar-refractivity contribution in [2.24, 2.45) is 23.7 Å². The van der Waals surface area contributed by atoms with Crippen LogP contribution < -0.4 is 0 Å². The minimum Gasteiger partial charge on any atom is -0.378 e. The molecule has 1 aromatic carbocycles. The Hall–Kier alpha value is -0.960. The second kappa shape index (κ2) is 8.81. The second-order valence-corrected chi connectivity index (χ2v) is 9.70. The molecule has 0 N–H and O–H groups in total. The minimum atomic E-state index is -0.652. The Labute approximate surface area is 169 Å². The number of ether oxygens (including phenoxy) is 1. The van der Waals surface area contributed by atoms with Crippen LogP contribution in [-0.2, 0) is 4.74 Å². The Morgan fingerprint density at radius 1 is 0.786 bits per heavy atom. The van der Waals surface area contributed by atoms with Crippen molar-refractivity contribution in [3.05, 3.63) is 34.9 Å². The SMILES string of the molecule is CCOC1CCC2CC(C3CCC(c4ccc(C)c(F)c4F)CC3)CCC2C1. The van der Waals surface area contributed by atoms with Gasteiger partial charge in [-0.2, -0.15) is 0 Å². The third-order valence-corrected chi connectivity index (χ3v) is 8.19. The van der Waals surface area contributed by atoms with E-state index < -0.39 is 11.6 Å². The van der Waals surface area contributed by atoms with Crippen LogP contribution in [0.5, 0.6) is 0 Å². The average Bonchev–Trinajstić information content (AvgIpc) is 2.72. The summed E-state index contributed by atoms with van der Waals surface area (Å²) in [6.07, 6.45) is 12.9. The number of fused-ring (bicyclic) bond motifs is 1. The first-order valence-corrected chi connectivity index (χ1v) is 11.6. The normalized spacial score (nSPS) is 36.1. The van der Waals surface area contributed by atoms with Crippen molar-refractivity contribution >= 4 is 0 Å². The molecule has 4 unspecified atom stereocenters. The predicted octanol–water partition coefficient (Wildman–Crippen LogP) is 7.17. The Kier molecular flexibility index (Phi) is 6.40. The summed E-state index contributed by atoms with van der Waals surface area (Å²) in [5.74, 6) is 2.37. The molecule has 1 aromatic rings. The van der Waals surface area contributed by atoms with Crippen LogP contribution >= 0.6 is 0 Å². The largest absolute Gasteiger partial charge is 0.378 e. The van der Waals surface area contributed by atoms with Gasteiger partial charge >= 0.3 is 0 Å². The zero-order valence-corrected chi connectivity index (χ0v) is 17.6.